The van der Waals surface area contributed by atoms with E-state index in [2.05, 4.69) is 61.7 Å². The normalized spacial score (nSPS) is 15.9. The predicted octanol–water partition coefficient (Wildman–Crippen LogP) is 6.98. The van der Waals surface area contributed by atoms with E-state index in [1.165, 1.54) is 46.6 Å². The second-order valence-electron chi connectivity index (χ2n) is 11.2. The first-order valence-corrected chi connectivity index (χ1v) is 13.3. The topological polar surface area (TPSA) is 68.0 Å². The molecule has 186 valence electrons. The molecule has 0 unspecified atom stereocenters. The van der Waals surface area contributed by atoms with Crippen LogP contribution in [0.15, 0.2) is 58.3 Å². The maximum absolute atomic E-state index is 12.7. The van der Waals surface area contributed by atoms with Crippen LogP contribution >= 0.6 is 11.5 Å². The molecule has 0 spiro atoms. The fourth-order valence-electron chi connectivity index (χ4n) is 5.09. The third-order valence-corrected chi connectivity index (χ3v) is 8.13. The van der Waals surface area contributed by atoms with Gasteiger partial charge in [-0.05, 0) is 82.1 Å². The Balaban J connectivity index is 1.26. The van der Waals surface area contributed by atoms with E-state index in [0.717, 1.165) is 22.6 Å². The molecule has 2 heterocycles. The lowest BCUT2D eigenvalue weighted by Crippen LogP contribution is -2.34. The van der Waals surface area contributed by atoms with Crippen LogP contribution in [0.1, 0.15) is 84.7 Å². The Labute approximate surface area is 217 Å². The third kappa shape index (κ3) is 4.87. The Hall–Kier alpha value is -3.25. The van der Waals surface area contributed by atoms with Crippen molar-refractivity contribution in [1.29, 1.82) is 0 Å². The molecule has 1 aliphatic rings. The zero-order chi connectivity index (χ0) is 25.5. The van der Waals surface area contributed by atoms with Crippen molar-refractivity contribution >= 4 is 17.4 Å². The zero-order valence-electron chi connectivity index (χ0n) is 21.6. The number of carbonyl (C=O) groups is 1. The van der Waals surface area contributed by atoms with Crippen molar-refractivity contribution in [1.82, 2.24) is 14.9 Å². The van der Waals surface area contributed by atoms with E-state index in [9.17, 15) is 4.79 Å². The minimum Gasteiger partial charge on any atom is -0.456 e. The highest BCUT2D eigenvalue weighted by Crippen LogP contribution is 2.46. The molecular formula is C30H33N3O2S. The largest absolute Gasteiger partial charge is 0.456 e. The Morgan fingerprint density at radius 1 is 1.00 bits per heavy atom. The van der Waals surface area contributed by atoms with Gasteiger partial charge in [-0.25, -0.2) is 0 Å². The number of nitrogens with one attached hydrogen (secondary N) is 1. The molecule has 0 atom stereocenters. The zero-order valence-corrected chi connectivity index (χ0v) is 22.5. The van der Waals surface area contributed by atoms with Crippen molar-refractivity contribution in [2.45, 2.75) is 71.3 Å². The summed E-state index contributed by atoms with van der Waals surface area (Å²) in [6.45, 7) is 12.0. The summed E-state index contributed by atoms with van der Waals surface area (Å²) in [4.78, 5) is 12.7. The Morgan fingerprint density at radius 3 is 2.36 bits per heavy atom. The summed E-state index contributed by atoms with van der Waals surface area (Å²) in [5.41, 5.74) is 8.70. The number of fused-ring (bicyclic) bond motifs is 1. The van der Waals surface area contributed by atoms with Crippen LogP contribution in [-0.2, 0) is 23.8 Å². The molecule has 36 heavy (non-hydrogen) atoms. The van der Waals surface area contributed by atoms with Crippen LogP contribution in [0, 0.1) is 6.92 Å². The fourth-order valence-corrected chi connectivity index (χ4v) is 5.56. The van der Waals surface area contributed by atoms with Crippen LogP contribution in [0.3, 0.4) is 0 Å². The highest BCUT2D eigenvalue weighted by molar-refractivity contribution is 7.03. The number of hydrogen-bond acceptors (Lipinski definition) is 5. The summed E-state index contributed by atoms with van der Waals surface area (Å²) in [5, 5.41) is 8.96. The molecule has 1 amide bonds. The van der Waals surface area contributed by atoms with Crippen LogP contribution in [0.25, 0.3) is 11.3 Å². The Kier molecular flexibility index (Phi) is 6.33. The Morgan fingerprint density at radius 2 is 1.69 bits per heavy atom. The number of aromatic nitrogens is 2. The van der Waals surface area contributed by atoms with E-state index in [0.29, 0.717) is 18.7 Å². The van der Waals surface area contributed by atoms with Crippen LogP contribution in [-0.4, -0.2) is 15.5 Å². The van der Waals surface area contributed by atoms with E-state index < -0.39 is 0 Å². The van der Waals surface area contributed by atoms with Crippen molar-refractivity contribution in [3.8, 4) is 11.3 Å². The van der Waals surface area contributed by atoms with Gasteiger partial charge in [0.15, 0.2) is 5.76 Å². The number of nitrogens with zero attached hydrogens (tertiary/aromatic N) is 2. The molecule has 0 saturated heterocycles. The minimum absolute atomic E-state index is 0.164. The molecule has 0 fully saturated rings. The van der Waals surface area contributed by atoms with E-state index in [1.807, 2.05) is 35.7 Å². The summed E-state index contributed by atoms with van der Waals surface area (Å²) in [6.07, 6.45) is 3.07. The van der Waals surface area contributed by atoms with Gasteiger partial charge in [0, 0.05) is 23.9 Å². The standard InChI is InChI=1S/C30H33N3O2S/c1-19-14-24-25(30(4,5)13-12-29(24,2)3)16-22(19)15-23-10-11-27(35-23)28(34)31-17-20-6-8-21(9-7-20)26-18-36-33-32-26/h6-11,14,16,18H,12-13,15,17H2,1-5H3,(H,31,34). The number of rotatable bonds is 6. The van der Waals surface area contributed by atoms with Gasteiger partial charge in [0.05, 0.1) is 0 Å². The van der Waals surface area contributed by atoms with Gasteiger partial charge < -0.3 is 9.73 Å². The summed E-state index contributed by atoms with van der Waals surface area (Å²) < 4.78 is 9.87. The van der Waals surface area contributed by atoms with E-state index in [-0.39, 0.29) is 16.7 Å². The highest BCUT2D eigenvalue weighted by atomic mass is 32.1. The molecule has 6 heteroatoms. The molecule has 1 aliphatic carbocycles. The van der Waals surface area contributed by atoms with E-state index in [1.54, 1.807) is 6.07 Å². The number of furan rings is 1. The SMILES string of the molecule is Cc1cc2c(cc1Cc1ccc(C(=O)NCc3ccc(-c4csnn4)cc3)o1)C(C)(C)CCC2(C)C. The van der Waals surface area contributed by atoms with Gasteiger partial charge >= 0.3 is 0 Å². The van der Waals surface area contributed by atoms with Crippen molar-refractivity contribution in [2.24, 2.45) is 0 Å². The summed E-state index contributed by atoms with van der Waals surface area (Å²) in [6, 6.07) is 16.4. The molecule has 2 aromatic carbocycles. The van der Waals surface area contributed by atoms with Gasteiger partial charge in [-0.15, -0.1) is 5.10 Å². The molecule has 5 rings (SSSR count). The molecule has 0 bridgehead atoms. The fraction of sp³-hybridized carbons (Fsp3) is 0.367. The predicted molar refractivity (Wildman–Crippen MR) is 144 cm³/mol. The summed E-state index contributed by atoms with van der Waals surface area (Å²) in [5.74, 6) is 0.934. The molecule has 5 nitrogen and oxygen atoms in total. The lowest BCUT2D eigenvalue weighted by Gasteiger charge is -2.42. The third-order valence-electron chi connectivity index (χ3n) is 7.62. The highest BCUT2D eigenvalue weighted by Gasteiger charge is 2.37. The van der Waals surface area contributed by atoms with Crippen molar-refractivity contribution in [2.75, 3.05) is 0 Å². The average Bonchev–Trinajstić information content (AvgIpc) is 3.55. The number of carbonyl (C=O) groups excluding carboxylic acids is 1. The molecule has 0 radical (unpaired) electrons. The maximum atomic E-state index is 12.7. The molecule has 4 aromatic rings. The molecule has 1 N–H and O–H groups in total. The second kappa shape index (κ2) is 9.32. The van der Waals surface area contributed by atoms with Crippen LogP contribution < -0.4 is 5.32 Å². The minimum atomic E-state index is -0.209. The first-order chi connectivity index (χ1) is 17.1. The number of amides is 1. The number of benzene rings is 2. The van der Waals surface area contributed by atoms with Gasteiger partial charge in [-0.3, -0.25) is 4.79 Å². The molecule has 0 aliphatic heterocycles. The lowest BCUT2D eigenvalue weighted by atomic mass is 9.62. The Bertz CT molecular complexity index is 1380. The molecular weight excluding hydrogens is 466 g/mol. The average molecular weight is 500 g/mol. The first kappa shape index (κ1) is 24.4. The number of aryl methyl sites for hydroxylation is 1. The van der Waals surface area contributed by atoms with Crippen LogP contribution in [0.5, 0.6) is 0 Å². The number of hydrogen-bond donors (Lipinski definition) is 1. The summed E-state index contributed by atoms with van der Waals surface area (Å²) in [7, 11) is 0. The maximum Gasteiger partial charge on any atom is 0.287 e. The van der Waals surface area contributed by atoms with Crippen molar-refractivity contribution in [3.05, 3.63) is 93.2 Å². The van der Waals surface area contributed by atoms with Crippen molar-refractivity contribution in [3.63, 3.8) is 0 Å². The monoisotopic (exact) mass is 499 g/mol. The second-order valence-corrected chi connectivity index (χ2v) is 11.8. The van der Waals surface area contributed by atoms with Gasteiger partial charge in [0.1, 0.15) is 11.5 Å². The van der Waals surface area contributed by atoms with Crippen LogP contribution in [0.2, 0.25) is 0 Å². The van der Waals surface area contributed by atoms with E-state index >= 15 is 0 Å². The molecule has 2 aromatic heterocycles. The van der Waals surface area contributed by atoms with E-state index in [4.69, 9.17) is 4.42 Å². The van der Waals surface area contributed by atoms with Crippen molar-refractivity contribution < 1.29 is 9.21 Å². The smallest absolute Gasteiger partial charge is 0.287 e. The van der Waals surface area contributed by atoms with Crippen LogP contribution in [0.4, 0.5) is 0 Å². The van der Waals surface area contributed by atoms with Gasteiger partial charge in [-0.1, -0.05) is 68.6 Å². The van der Waals surface area contributed by atoms with Gasteiger partial charge in [0.25, 0.3) is 5.91 Å². The quantitative estimate of drug-likeness (QED) is 0.311. The lowest BCUT2D eigenvalue weighted by molar-refractivity contribution is 0.0921. The van der Waals surface area contributed by atoms with Gasteiger partial charge in [0.2, 0.25) is 0 Å². The molecule has 0 saturated carbocycles. The summed E-state index contributed by atoms with van der Waals surface area (Å²) >= 11 is 1.33. The van der Waals surface area contributed by atoms with Gasteiger partial charge in [-0.2, -0.15) is 0 Å². The first-order valence-electron chi connectivity index (χ1n) is 12.5.